The summed E-state index contributed by atoms with van der Waals surface area (Å²) >= 11 is 6.10. The van der Waals surface area contributed by atoms with Gasteiger partial charge in [-0.05, 0) is 38.0 Å². The van der Waals surface area contributed by atoms with Crippen molar-refractivity contribution in [3.05, 3.63) is 0 Å². The monoisotopic (exact) mass is 280 g/mol. The van der Waals surface area contributed by atoms with Crippen LogP contribution in [0.25, 0.3) is 0 Å². The lowest BCUT2D eigenvalue weighted by Gasteiger charge is -2.26. The van der Waals surface area contributed by atoms with E-state index in [9.17, 15) is 8.42 Å². The topological polar surface area (TPSA) is 49.4 Å². The second-order valence-corrected chi connectivity index (χ2v) is 7.46. The van der Waals surface area contributed by atoms with Gasteiger partial charge in [-0.15, -0.1) is 11.6 Å². The van der Waals surface area contributed by atoms with Crippen molar-refractivity contribution in [2.24, 2.45) is 5.92 Å². The SMILES string of the molecule is O=S(=O)(NCC1CCCC(Cl)C1)N1CCCC1. The number of rotatable bonds is 4. The van der Waals surface area contributed by atoms with Crippen molar-refractivity contribution in [2.45, 2.75) is 43.9 Å². The van der Waals surface area contributed by atoms with Gasteiger partial charge >= 0.3 is 0 Å². The summed E-state index contributed by atoms with van der Waals surface area (Å²) in [7, 11) is -3.24. The van der Waals surface area contributed by atoms with Crippen LogP contribution in [0.15, 0.2) is 0 Å². The third-order valence-corrected chi connectivity index (χ3v) is 5.65. The fourth-order valence-corrected chi connectivity index (χ4v) is 4.43. The minimum Gasteiger partial charge on any atom is -0.202 e. The quantitative estimate of drug-likeness (QED) is 0.797. The molecule has 0 radical (unpaired) electrons. The second kappa shape index (κ2) is 5.87. The first-order chi connectivity index (χ1) is 8.08. The summed E-state index contributed by atoms with van der Waals surface area (Å²) in [4.78, 5) is 0. The number of nitrogens with zero attached hydrogens (tertiary/aromatic N) is 1. The van der Waals surface area contributed by atoms with E-state index in [0.29, 0.717) is 25.6 Å². The highest BCUT2D eigenvalue weighted by atomic mass is 35.5. The second-order valence-electron chi connectivity index (χ2n) is 5.09. The Morgan fingerprint density at radius 2 is 1.88 bits per heavy atom. The van der Waals surface area contributed by atoms with Gasteiger partial charge in [-0.2, -0.15) is 12.7 Å². The van der Waals surface area contributed by atoms with E-state index in [1.54, 1.807) is 4.31 Å². The van der Waals surface area contributed by atoms with E-state index in [1.807, 2.05) is 0 Å². The highest BCUT2D eigenvalue weighted by Gasteiger charge is 2.27. The van der Waals surface area contributed by atoms with E-state index < -0.39 is 10.2 Å². The first-order valence-corrected chi connectivity index (χ1v) is 8.34. The third-order valence-electron chi connectivity index (χ3n) is 3.68. The Morgan fingerprint density at radius 3 is 2.53 bits per heavy atom. The summed E-state index contributed by atoms with van der Waals surface area (Å²) < 4.78 is 28.2. The molecule has 1 heterocycles. The summed E-state index contributed by atoms with van der Waals surface area (Å²) in [6, 6.07) is 0. The zero-order valence-electron chi connectivity index (χ0n) is 10.1. The molecule has 1 aliphatic heterocycles. The molecular weight excluding hydrogens is 260 g/mol. The van der Waals surface area contributed by atoms with Gasteiger partial charge in [0.1, 0.15) is 0 Å². The lowest BCUT2D eigenvalue weighted by molar-refractivity contribution is 0.357. The van der Waals surface area contributed by atoms with Crippen LogP contribution >= 0.6 is 11.6 Å². The van der Waals surface area contributed by atoms with Crippen LogP contribution in [-0.4, -0.2) is 37.7 Å². The smallest absolute Gasteiger partial charge is 0.202 e. The Morgan fingerprint density at radius 1 is 1.18 bits per heavy atom. The molecule has 0 bridgehead atoms. The van der Waals surface area contributed by atoms with E-state index in [0.717, 1.165) is 38.5 Å². The average molecular weight is 281 g/mol. The molecule has 2 atom stereocenters. The molecule has 0 aromatic carbocycles. The molecule has 17 heavy (non-hydrogen) atoms. The minimum atomic E-state index is -3.24. The lowest BCUT2D eigenvalue weighted by atomic mass is 9.89. The number of halogens is 1. The van der Waals surface area contributed by atoms with Gasteiger partial charge < -0.3 is 0 Å². The zero-order chi connectivity index (χ0) is 12.3. The van der Waals surface area contributed by atoms with Crippen LogP contribution in [0, 0.1) is 5.92 Å². The highest BCUT2D eigenvalue weighted by molar-refractivity contribution is 7.87. The molecule has 2 fully saturated rings. The molecule has 0 aromatic heterocycles. The molecule has 2 aliphatic rings. The molecule has 6 heteroatoms. The van der Waals surface area contributed by atoms with Crippen LogP contribution < -0.4 is 4.72 Å². The van der Waals surface area contributed by atoms with Crippen molar-refractivity contribution in [1.82, 2.24) is 9.03 Å². The molecule has 0 amide bonds. The number of hydrogen-bond donors (Lipinski definition) is 1. The van der Waals surface area contributed by atoms with Gasteiger partial charge in [0.25, 0.3) is 10.2 Å². The summed E-state index contributed by atoms with van der Waals surface area (Å²) in [5.41, 5.74) is 0. The Hall–Kier alpha value is 0.160. The maximum absolute atomic E-state index is 11.9. The average Bonchev–Trinajstić information content (AvgIpc) is 2.81. The number of nitrogens with one attached hydrogen (secondary N) is 1. The largest absolute Gasteiger partial charge is 0.279 e. The molecule has 0 aromatic rings. The van der Waals surface area contributed by atoms with Gasteiger partial charge in [-0.3, -0.25) is 0 Å². The van der Waals surface area contributed by atoms with Gasteiger partial charge in [0.2, 0.25) is 0 Å². The molecule has 1 N–H and O–H groups in total. The van der Waals surface area contributed by atoms with Crippen LogP contribution in [0.4, 0.5) is 0 Å². The summed E-state index contributed by atoms with van der Waals surface area (Å²) in [5.74, 6) is 0.406. The molecule has 100 valence electrons. The summed E-state index contributed by atoms with van der Waals surface area (Å²) in [5, 5.41) is 0.227. The highest BCUT2D eigenvalue weighted by Crippen LogP contribution is 2.27. The number of alkyl halides is 1. The first-order valence-electron chi connectivity index (χ1n) is 6.47. The molecule has 1 saturated heterocycles. The fourth-order valence-electron chi connectivity index (χ4n) is 2.65. The normalized spacial score (nSPS) is 31.8. The minimum absolute atomic E-state index is 0.227. The zero-order valence-corrected chi connectivity index (χ0v) is 11.6. The Labute approximate surface area is 109 Å². The van der Waals surface area contributed by atoms with Crippen LogP contribution in [-0.2, 0) is 10.2 Å². The summed E-state index contributed by atoms with van der Waals surface area (Å²) in [6.07, 6.45) is 6.17. The van der Waals surface area contributed by atoms with E-state index in [4.69, 9.17) is 11.6 Å². The molecule has 1 aliphatic carbocycles. The Balaban J connectivity index is 1.80. The van der Waals surface area contributed by atoms with E-state index >= 15 is 0 Å². The predicted molar refractivity (Wildman–Crippen MR) is 69.3 cm³/mol. The number of hydrogen-bond acceptors (Lipinski definition) is 2. The predicted octanol–water partition coefficient (Wildman–Crippen LogP) is 1.71. The van der Waals surface area contributed by atoms with Crippen molar-refractivity contribution in [3.63, 3.8) is 0 Å². The molecule has 2 rings (SSSR count). The standard InChI is InChI=1S/C11H21ClN2O2S/c12-11-5-3-4-10(8-11)9-13-17(15,16)14-6-1-2-7-14/h10-11,13H,1-9H2. The van der Waals surface area contributed by atoms with E-state index in [-0.39, 0.29) is 5.38 Å². The van der Waals surface area contributed by atoms with Gasteiger partial charge in [-0.25, -0.2) is 4.72 Å². The van der Waals surface area contributed by atoms with Gasteiger partial charge in [0, 0.05) is 25.0 Å². The maximum Gasteiger partial charge on any atom is 0.279 e. The fraction of sp³-hybridized carbons (Fsp3) is 1.00. The van der Waals surface area contributed by atoms with Crippen LogP contribution in [0.5, 0.6) is 0 Å². The molecule has 2 unspecified atom stereocenters. The van der Waals surface area contributed by atoms with Crippen molar-refractivity contribution < 1.29 is 8.42 Å². The van der Waals surface area contributed by atoms with Crippen LogP contribution in [0.2, 0.25) is 0 Å². The van der Waals surface area contributed by atoms with Gasteiger partial charge in [0.15, 0.2) is 0 Å². The van der Waals surface area contributed by atoms with Crippen molar-refractivity contribution >= 4 is 21.8 Å². The third kappa shape index (κ3) is 3.81. The van der Waals surface area contributed by atoms with Gasteiger partial charge in [0.05, 0.1) is 0 Å². The van der Waals surface area contributed by atoms with Crippen molar-refractivity contribution in [1.29, 1.82) is 0 Å². The Kier molecular flexibility index (Phi) is 4.69. The molecule has 1 saturated carbocycles. The first kappa shape index (κ1) is 13.6. The van der Waals surface area contributed by atoms with E-state index in [1.165, 1.54) is 0 Å². The summed E-state index contributed by atoms with van der Waals surface area (Å²) in [6.45, 7) is 1.87. The van der Waals surface area contributed by atoms with Crippen molar-refractivity contribution in [2.75, 3.05) is 19.6 Å². The maximum atomic E-state index is 11.9. The Bertz CT molecular complexity index is 341. The van der Waals surface area contributed by atoms with Crippen molar-refractivity contribution in [3.8, 4) is 0 Å². The van der Waals surface area contributed by atoms with Crippen LogP contribution in [0.1, 0.15) is 38.5 Å². The lowest BCUT2D eigenvalue weighted by Crippen LogP contribution is -2.41. The van der Waals surface area contributed by atoms with E-state index in [2.05, 4.69) is 4.72 Å². The van der Waals surface area contributed by atoms with Gasteiger partial charge in [-0.1, -0.05) is 6.42 Å². The molecular formula is C11H21ClN2O2S. The molecule has 0 spiro atoms. The van der Waals surface area contributed by atoms with Crippen LogP contribution in [0.3, 0.4) is 0 Å². The molecule has 4 nitrogen and oxygen atoms in total.